The number of amides is 1. The Kier molecular flexibility index (Phi) is 6.33. The molecule has 0 saturated carbocycles. The maximum atomic E-state index is 12.2. The molecular formula is C20H18N2O5S. The molecule has 2 aromatic rings. The van der Waals surface area contributed by atoms with Crippen molar-refractivity contribution in [2.75, 3.05) is 20.8 Å². The molecule has 0 spiro atoms. The van der Waals surface area contributed by atoms with Crippen molar-refractivity contribution in [1.82, 2.24) is 5.32 Å². The number of nitrogens with zero attached hydrogens (tertiary/aromatic N) is 1. The Morgan fingerprint density at radius 2 is 1.75 bits per heavy atom. The molecule has 7 nitrogen and oxygen atoms in total. The molecule has 1 saturated heterocycles. The number of nitrogens with one attached hydrogen (secondary N) is 1. The van der Waals surface area contributed by atoms with Crippen LogP contribution in [0.2, 0.25) is 0 Å². The third-order valence-corrected chi connectivity index (χ3v) is 4.63. The van der Waals surface area contributed by atoms with E-state index in [1.807, 2.05) is 12.1 Å². The predicted octanol–water partition coefficient (Wildman–Crippen LogP) is 3.14. The summed E-state index contributed by atoms with van der Waals surface area (Å²) in [6.45, 7) is -0.152. The third-order valence-electron chi connectivity index (χ3n) is 3.72. The van der Waals surface area contributed by atoms with E-state index in [1.54, 1.807) is 49.6 Å². The van der Waals surface area contributed by atoms with Gasteiger partial charge in [-0.25, -0.2) is 9.79 Å². The van der Waals surface area contributed by atoms with Crippen LogP contribution < -0.4 is 14.8 Å². The monoisotopic (exact) mass is 398 g/mol. The number of ether oxygens (including phenoxy) is 3. The summed E-state index contributed by atoms with van der Waals surface area (Å²) in [5.41, 5.74) is 1.55. The van der Waals surface area contributed by atoms with E-state index in [4.69, 9.17) is 9.47 Å². The minimum atomic E-state index is -0.450. The lowest BCUT2D eigenvalue weighted by Crippen LogP contribution is -2.19. The maximum Gasteiger partial charge on any atom is 0.343 e. The Morgan fingerprint density at radius 3 is 2.39 bits per heavy atom. The average Bonchev–Trinajstić information content (AvgIpc) is 3.06. The summed E-state index contributed by atoms with van der Waals surface area (Å²) in [5.74, 6) is 0.627. The summed E-state index contributed by atoms with van der Waals surface area (Å²) in [5, 5.41) is 3.26. The molecule has 144 valence electrons. The SMILES string of the molecule is COC(=O)COc1ccc(C=C2SC(=Nc3ccc(OC)cc3)NC2=O)cc1. The van der Waals surface area contributed by atoms with Gasteiger partial charge in [0.1, 0.15) is 11.5 Å². The summed E-state index contributed by atoms with van der Waals surface area (Å²) in [4.78, 5) is 28.2. The lowest BCUT2D eigenvalue weighted by Gasteiger charge is -2.04. The van der Waals surface area contributed by atoms with E-state index < -0.39 is 5.97 Å². The van der Waals surface area contributed by atoms with Gasteiger partial charge in [0.15, 0.2) is 11.8 Å². The smallest absolute Gasteiger partial charge is 0.343 e. The van der Waals surface area contributed by atoms with Gasteiger partial charge in [0.2, 0.25) is 0 Å². The predicted molar refractivity (Wildman–Crippen MR) is 108 cm³/mol. The number of carbonyl (C=O) groups excluding carboxylic acids is 2. The first-order valence-electron chi connectivity index (χ1n) is 8.30. The zero-order valence-electron chi connectivity index (χ0n) is 15.3. The van der Waals surface area contributed by atoms with E-state index in [0.29, 0.717) is 15.8 Å². The molecule has 1 aliphatic rings. The standard InChI is InChI=1S/C20H18N2O5S/c1-25-15-9-5-14(6-10-15)21-20-22-19(24)17(28-20)11-13-3-7-16(8-4-13)27-12-18(23)26-2/h3-11H,12H2,1-2H3,(H,21,22,24). The second-order valence-corrected chi connectivity index (χ2v) is 6.64. The Morgan fingerprint density at radius 1 is 1.07 bits per heavy atom. The number of rotatable bonds is 6. The molecule has 2 aromatic carbocycles. The van der Waals surface area contributed by atoms with Crippen LogP contribution in [0.25, 0.3) is 6.08 Å². The normalized spacial score (nSPS) is 16.1. The van der Waals surface area contributed by atoms with Crippen molar-refractivity contribution in [1.29, 1.82) is 0 Å². The van der Waals surface area contributed by atoms with Crippen LogP contribution in [0.4, 0.5) is 5.69 Å². The van der Waals surface area contributed by atoms with Crippen molar-refractivity contribution >= 4 is 40.6 Å². The van der Waals surface area contributed by atoms with Gasteiger partial charge in [0.05, 0.1) is 24.8 Å². The van der Waals surface area contributed by atoms with Crippen LogP contribution in [0.3, 0.4) is 0 Å². The lowest BCUT2D eigenvalue weighted by molar-refractivity contribution is -0.142. The highest BCUT2D eigenvalue weighted by Gasteiger charge is 2.23. The van der Waals surface area contributed by atoms with Crippen molar-refractivity contribution < 1.29 is 23.8 Å². The minimum absolute atomic E-state index is 0.152. The van der Waals surface area contributed by atoms with Crippen LogP contribution in [0.15, 0.2) is 58.4 Å². The number of benzene rings is 2. The number of amidine groups is 1. The van der Waals surface area contributed by atoms with Crippen molar-refractivity contribution in [3.05, 3.63) is 59.0 Å². The summed E-state index contributed by atoms with van der Waals surface area (Å²) in [6, 6.07) is 14.3. The van der Waals surface area contributed by atoms with Gasteiger partial charge in [-0.1, -0.05) is 12.1 Å². The van der Waals surface area contributed by atoms with Crippen molar-refractivity contribution in [2.24, 2.45) is 4.99 Å². The molecule has 28 heavy (non-hydrogen) atoms. The quantitative estimate of drug-likeness (QED) is 0.594. The lowest BCUT2D eigenvalue weighted by atomic mass is 10.2. The number of hydrogen-bond donors (Lipinski definition) is 1. The molecule has 8 heteroatoms. The number of thioether (sulfide) groups is 1. The highest BCUT2D eigenvalue weighted by molar-refractivity contribution is 8.18. The Hall–Kier alpha value is -3.26. The highest BCUT2D eigenvalue weighted by atomic mass is 32.2. The number of methoxy groups -OCH3 is 2. The van der Waals surface area contributed by atoms with E-state index in [-0.39, 0.29) is 12.5 Å². The first-order chi connectivity index (χ1) is 13.6. The number of esters is 1. The third kappa shape index (κ3) is 5.14. The van der Waals surface area contributed by atoms with Crippen LogP contribution in [-0.4, -0.2) is 37.9 Å². The summed E-state index contributed by atoms with van der Waals surface area (Å²) >= 11 is 1.27. The fourth-order valence-electron chi connectivity index (χ4n) is 2.27. The van der Waals surface area contributed by atoms with Gasteiger partial charge in [0.25, 0.3) is 5.91 Å². The number of carbonyl (C=O) groups is 2. The van der Waals surface area contributed by atoms with Gasteiger partial charge < -0.3 is 19.5 Å². The molecule has 0 radical (unpaired) electrons. The van der Waals surface area contributed by atoms with Gasteiger partial charge in [-0.2, -0.15) is 0 Å². The van der Waals surface area contributed by atoms with E-state index in [0.717, 1.165) is 17.0 Å². The summed E-state index contributed by atoms with van der Waals surface area (Å²) in [6.07, 6.45) is 1.76. The molecule has 0 atom stereocenters. The van der Waals surface area contributed by atoms with Crippen molar-refractivity contribution in [3.8, 4) is 11.5 Å². The molecule has 0 aromatic heterocycles. The van der Waals surface area contributed by atoms with Crippen molar-refractivity contribution in [2.45, 2.75) is 0 Å². The first-order valence-corrected chi connectivity index (χ1v) is 9.12. The second-order valence-electron chi connectivity index (χ2n) is 5.61. The van der Waals surface area contributed by atoms with E-state index in [9.17, 15) is 9.59 Å². The minimum Gasteiger partial charge on any atom is -0.497 e. The van der Waals surface area contributed by atoms with Crippen LogP contribution >= 0.6 is 11.8 Å². The van der Waals surface area contributed by atoms with Gasteiger partial charge >= 0.3 is 5.97 Å². The van der Waals surface area contributed by atoms with Gasteiger partial charge in [-0.3, -0.25) is 4.79 Å². The molecule has 1 amide bonds. The molecule has 0 unspecified atom stereocenters. The molecule has 0 aliphatic carbocycles. The van der Waals surface area contributed by atoms with E-state index in [1.165, 1.54) is 18.9 Å². The fourth-order valence-corrected chi connectivity index (χ4v) is 3.11. The Bertz CT molecular complexity index is 921. The van der Waals surface area contributed by atoms with Crippen LogP contribution in [-0.2, 0) is 14.3 Å². The van der Waals surface area contributed by atoms with E-state index >= 15 is 0 Å². The molecule has 1 N–H and O–H groups in total. The summed E-state index contributed by atoms with van der Waals surface area (Å²) in [7, 11) is 2.90. The topological polar surface area (TPSA) is 86.2 Å². The summed E-state index contributed by atoms with van der Waals surface area (Å²) < 4.78 is 14.9. The Labute approximate surface area is 166 Å². The average molecular weight is 398 g/mol. The second kappa shape index (κ2) is 9.09. The first kappa shape index (κ1) is 19.5. The van der Waals surface area contributed by atoms with Gasteiger partial charge in [-0.05, 0) is 59.8 Å². The number of aliphatic imine (C=N–C) groups is 1. The van der Waals surface area contributed by atoms with E-state index in [2.05, 4.69) is 15.0 Å². The number of hydrogen-bond acceptors (Lipinski definition) is 7. The highest BCUT2D eigenvalue weighted by Crippen LogP contribution is 2.29. The van der Waals surface area contributed by atoms with Crippen LogP contribution in [0, 0.1) is 0 Å². The fraction of sp³-hybridized carbons (Fsp3) is 0.150. The molecule has 1 fully saturated rings. The van der Waals surface area contributed by atoms with Crippen molar-refractivity contribution in [3.63, 3.8) is 0 Å². The van der Waals surface area contributed by atoms with Crippen LogP contribution in [0.5, 0.6) is 11.5 Å². The molecule has 1 aliphatic heterocycles. The zero-order chi connectivity index (χ0) is 19.9. The molecule has 0 bridgehead atoms. The molecule has 1 heterocycles. The zero-order valence-corrected chi connectivity index (χ0v) is 16.1. The van der Waals surface area contributed by atoms with Crippen LogP contribution in [0.1, 0.15) is 5.56 Å². The Balaban J connectivity index is 1.66. The van der Waals surface area contributed by atoms with Gasteiger partial charge in [-0.15, -0.1) is 0 Å². The maximum absolute atomic E-state index is 12.2. The molecular weight excluding hydrogens is 380 g/mol. The largest absolute Gasteiger partial charge is 0.497 e. The van der Waals surface area contributed by atoms with Gasteiger partial charge in [0, 0.05) is 0 Å². The molecule has 3 rings (SSSR count).